The number of hydrogen-bond donors (Lipinski definition) is 0. The lowest BCUT2D eigenvalue weighted by Gasteiger charge is -2.31. The fourth-order valence-corrected chi connectivity index (χ4v) is 3.02. The van der Waals surface area contributed by atoms with E-state index in [0.717, 1.165) is 5.56 Å². The van der Waals surface area contributed by atoms with Gasteiger partial charge in [-0.25, -0.2) is 4.79 Å². The van der Waals surface area contributed by atoms with Crippen LogP contribution in [0.1, 0.15) is 38.8 Å². The summed E-state index contributed by atoms with van der Waals surface area (Å²) in [4.78, 5) is 26.8. The topological polar surface area (TPSA) is 55.8 Å². The molecular formula is C18H23NO4. The lowest BCUT2D eigenvalue weighted by molar-refractivity contribution is -0.142. The van der Waals surface area contributed by atoms with E-state index in [2.05, 4.69) is 0 Å². The number of rotatable bonds is 6. The average molecular weight is 317 g/mol. The van der Waals surface area contributed by atoms with Crippen molar-refractivity contribution >= 4 is 11.9 Å². The predicted octanol–water partition coefficient (Wildman–Crippen LogP) is 2.83. The van der Waals surface area contributed by atoms with E-state index < -0.39 is 5.97 Å². The van der Waals surface area contributed by atoms with Crippen LogP contribution in [-0.4, -0.2) is 36.5 Å². The van der Waals surface area contributed by atoms with Crippen LogP contribution in [0.25, 0.3) is 0 Å². The monoisotopic (exact) mass is 317 g/mol. The normalized spacial score (nSPS) is 19.0. The highest BCUT2D eigenvalue weighted by atomic mass is 16.5. The van der Waals surface area contributed by atoms with Gasteiger partial charge < -0.3 is 14.4 Å². The van der Waals surface area contributed by atoms with Crippen LogP contribution in [0.5, 0.6) is 0 Å². The first-order valence-electron chi connectivity index (χ1n) is 7.89. The number of ether oxygens (including phenoxy) is 2. The van der Waals surface area contributed by atoms with E-state index in [1.165, 1.54) is 7.11 Å². The number of benzene rings is 1. The Balaban J connectivity index is 2.40. The molecule has 0 saturated heterocycles. The number of nitrogens with zero attached hydrogens (tertiary/aromatic N) is 1. The van der Waals surface area contributed by atoms with Gasteiger partial charge in [-0.15, -0.1) is 0 Å². The van der Waals surface area contributed by atoms with Crippen LogP contribution in [0, 0.1) is 0 Å². The van der Waals surface area contributed by atoms with Crippen LogP contribution < -0.4 is 0 Å². The average Bonchev–Trinajstić information content (AvgIpc) is 2.86. The van der Waals surface area contributed by atoms with E-state index in [0.29, 0.717) is 12.2 Å². The van der Waals surface area contributed by atoms with Crippen LogP contribution in [0.2, 0.25) is 0 Å². The van der Waals surface area contributed by atoms with Gasteiger partial charge >= 0.3 is 5.97 Å². The van der Waals surface area contributed by atoms with Crippen molar-refractivity contribution in [3.05, 3.63) is 47.2 Å². The fourth-order valence-electron chi connectivity index (χ4n) is 3.02. The van der Waals surface area contributed by atoms with Crippen molar-refractivity contribution in [2.24, 2.45) is 0 Å². The van der Waals surface area contributed by atoms with E-state index in [9.17, 15) is 9.59 Å². The van der Waals surface area contributed by atoms with Gasteiger partial charge in [-0.05, 0) is 25.8 Å². The summed E-state index contributed by atoms with van der Waals surface area (Å²) >= 11 is 0. The van der Waals surface area contributed by atoms with Gasteiger partial charge in [0.25, 0.3) is 5.91 Å². The van der Waals surface area contributed by atoms with E-state index >= 15 is 0 Å². The van der Waals surface area contributed by atoms with E-state index in [1.807, 2.05) is 44.2 Å². The third-order valence-corrected chi connectivity index (χ3v) is 4.12. The Morgan fingerprint density at radius 1 is 1.26 bits per heavy atom. The number of carbonyl (C=O) groups excluding carboxylic acids is 2. The summed E-state index contributed by atoms with van der Waals surface area (Å²) in [6.07, 6.45) is 0.662. The zero-order valence-corrected chi connectivity index (χ0v) is 14.0. The SMILES string of the molecule is CCOC(=O)C1=C(OC)C(CC)N([C@@H](C)c2ccccc2)C1=O. The molecule has 1 aromatic carbocycles. The van der Waals surface area contributed by atoms with Crippen LogP contribution in [0.4, 0.5) is 0 Å². The maximum absolute atomic E-state index is 12.9. The van der Waals surface area contributed by atoms with Gasteiger partial charge in [0.15, 0.2) is 5.57 Å². The van der Waals surface area contributed by atoms with Crippen molar-refractivity contribution in [2.45, 2.75) is 39.3 Å². The van der Waals surface area contributed by atoms with Crippen molar-refractivity contribution in [2.75, 3.05) is 13.7 Å². The summed E-state index contributed by atoms with van der Waals surface area (Å²) in [7, 11) is 1.49. The van der Waals surface area contributed by atoms with Gasteiger partial charge in [0, 0.05) is 0 Å². The largest absolute Gasteiger partial charge is 0.498 e. The lowest BCUT2D eigenvalue weighted by Crippen LogP contribution is -2.38. The smallest absolute Gasteiger partial charge is 0.347 e. The lowest BCUT2D eigenvalue weighted by atomic mass is 10.0. The predicted molar refractivity (Wildman–Crippen MR) is 86.5 cm³/mol. The second-order valence-corrected chi connectivity index (χ2v) is 5.39. The molecule has 0 fully saturated rings. The van der Waals surface area contributed by atoms with Crippen LogP contribution in [-0.2, 0) is 19.1 Å². The Morgan fingerprint density at radius 3 is 2.43 bits per heavy atom. The molecule has 1 aromatic rings. The zero-order chi connectivity index (χ0) is 17.0. The maximum Gasteiger partial charge on any atom is 0.347 e. The number of esters is 1. The van der Waals surface area contributed by atoms with Crippen molar-refractivity contribution in [1.82, 2.24) is 4.90 Å². The molecule has 0 aromatic heterocycles. The molecular weight excluding hydrogens is 294 g/mol. The van der Waals surface area contributed by atoms with E-state index in [4.69, 9.17) is 9.47 Å². The molecule has 1 aliphatic rings. The second-order valence-electron chi connectivity index (χ2n) is 5.39. The molecule has 1 heterocycles. The third kappa shape index (κ3) is 3.09. The highest BCUT2D eigenvalue weighted by Gasteiger charge is 2.45. The zero-order valence-electron chi connectivity index (χ0n) is 14.0. The molecule has 0 N–H and O–H groups in total. The van der Waals surface area contributed by atoms with Crippen molar-refractivity contribution in [3.8, 4) is 0 Å². The summed E-state index contributed by atoms with van der Waals surface area (Å²) in [6, 6.07) is 9.32. The van der Waals surface area contributed by atoms with Gasteiger partial charge in [-0.3, -0.25) is 4.79 Å². The molecule has 1 aliphatic heterocycles. The van der Waals surface area contributed by atoms with Gasteiger partial charge in [-0.1, -0.05) is 37.3 Å². The molecule has 0 aliphatic carbocycles. The minimum Gasteiger partial charge on any atom is -0.498 e. The molecule has 0 spiro atoms. The molecule has 0 radical (unpaired) electrons. The molecule has 5 nitrogen and oxygen atoms in total. The van der Waals surface area contributed by atoms with Crippen molar-refractivity contribution < 1.29 is 19.1 Å². The highest BCUT2D eigenvalue weighted by Crippen LogP contribution is 2.36. The molecule has 1 amide bonds. The van der Waals surface area contributed by atoms with Gasteiger partial charge in [0.2, 0.25) is 0 Å². The Hall–Kier alpha value is -2.30. The number of hydrogen-bond acceptors (Lipinski definition) is 4. The Bertz CT molecular complexity index is 609. The Labute approximate surface area is 136 Å². The molecule has 2 rings (SSSR count). The van der Waals surface area contributed by atoms with Gasteiger partial charge in [-0.2, -0.15) is 0 Å². The first kappa shape index (κ1) is 17.1. The molecule has 5 heteroatoms. The van der Waals surface area contributed by atoms with Crippen LogP contribution >= 0.6 is 0 Å². The number of methoxy groups -OCH3 is 1. The highest BCUT2D eigenvalue weighted by molar-refractivity contribution is 6.18. The van der Waals surface area contributed by atoms with Crippen molar-refractivity contribution in [1.29, 1.82) is 0 Å². The summed E-state index contributed by atoms with van der Waals surface area (Å²) in [5.41, 5.74) is 1.03. The molecule has 124 valence electrons. The summed E-state index contributed by atoms with van der Waals surface area (Å²) in [5, 5.41) is 0. The van der Waals surface area contributed by atoms with Gasteiger partial charge in [0.05, 0.1) is 25.8 Å². The minimum atomic E-state index is -0.615. The standard InChI is InChI=1S/C18H23NO4/c1-5-14-16(22-4)15(18(21)23-6-2)17(20)19(14)12(3)13-10-8-7-9-11-13/h7-12,14H,5-6H2,1-4H3/t12-,14?/m0/s1. The first-order chi connectivity index (χ1) is 11.1. The fraction of sp³-hybridized carbons (Fsp3) is 0.444. The minimum absolute atomic E-state index is 0.0176. The molecule has 1 unspecified atom stereocenters. The van der Waals surface area contributed by atoms with E-state index in [1.54, 1.807) is 11.8 Å². The summed E-state index contributed by atoms with van der Waals surface area (Å²) < 4.78 is 10.4. The Morgan fingerprint density at radius 2 is 1.91 bits per heavy atom. The molecule has 23 heavy (non-hydrogen) atoms. The summed E-state index contributed by atoms with van der Waals surface area (Å²) in [5.74, 6) is -0.544. The number of carbonyl (C=O) groups is 2. The quantitative estimate of drug-likeness (QED) is 0.598. The third-order valence-electron chi connectivity index (χ3n) is 4.12. The first-order valence-corrected chi connectivity index (χ1v) is 7.89. The second kappa shape index (κ2) is 7.31. The maximum atomic E-state index is 12.9. The molecule has 0 bridgehead atoms. The van der Waals surface area contributed by atoms with Crippen LogP contribution in [0.15, 0.2) is 41.7 Å². The molecule has 0 saturated carbocycles. The number of amides is 1. The summed E-state index contributed by atoms with van der Waals surface area (Å²) in [6.45, 7) is 5.86. The molecule has 2 atom stereocenters. The van der Waals surface area contributed by atoms with Crippen molar-refractivity contribution in [3.63, 3.8) is 0 Å². The van der Waals surface area contributed by atoms with Crippen LogP contribution in [0.3, 0.4) is 0 Å². The Kier molecular flexibility index (Phi) is 5.42. The van der Waals surface area contributed by atoms with E-state index in [-0.39, 0.29) is 30.2 Å². The van der Waals surface area contributed by atoms with Gasteiger partial charge in [0.1, 0.15) is 5.76 Å².